The van der Waals surface area contributed by atoms with Gasteiger partial charge in [-0.05, 0) is 18.9 Å². The van der Waals surface area contributed by atoms with Crippen molar-refractivity contribution in [3.05, 3.63) is 23.8 Å². The van der Waals surface area contributed by atoms with Crippen LogP contribution >= 0.6 is 0 Å². The van der Waals surface area contributed by atoms with E-state index in [4.69, 9.17) is 20.0 Å². The van der Waals surface area contributed by atoms with Crippen LogP contribution in [0.25, 0.3) is 0 Å². The molecule has 23 heavy (non-hydrogen) atoms. The van der Waals surface area contributed by atoms with Crippen LogP contribution in [0.4, 0.5) is 0 Å². The number of nitrogens with two attached hydrogens (primary N) is 1. The Kier molecular flexibility index (Phi) is 3.50. The molecule has 0 aromatic heterocycles. The van der Waals surface area contributed by atoms with Crippen LogP contribution in [0.1, 0.15) is 24.8 Å². The van der Waals surface area contributed by atoms with E-state index in [1.54, 1.807) is 12.1 Å². The summed E-state index contributed by atoms with van der Waals surface area (Å²) in [6.07, 6.45) is 2.86. The number of fused-ring (bicyclic) bond motifs is 2. The lowest BCUT2D eigenvalue weighted by Crippen LogP contribution is -2.44. The summed E-state index contributed by atoms with van der Waals surface area (Å²) >= 11 is 0. The zero-order chi connectivity index (χ0) is 16.0. The Balaban J connectivity index is 1.74. The molecule has 3 heterocycles. The lowest BCUT2D eigenvalue weighted by Gasteiger charge is -2.40. The Hall–Kier alpha value is -1.73. The average Bonchev–Trinajstić information content (AvgIpc) is 2.83. The smallest absolute Gasteiger partial charge is 0.221 e. The van der Waals surface area contributed by atoms with Crippen molar-refractivity contribution in [1.82, 2.24) is 5.06 Å². The van der Waals surface area contributed by atoms with Gasteiger partial charge in [-0.1, -0.05) is 17.6 Å². The largest absolute Gasteiger partial charge is 0.489 e. The molecule has 122 valence electrons. The maximum atomic E-state index is 6.30. The Morgan fingerprint density at radius 2 is 2.30 bits per heavy atom. The minimum atomic E-state index is -0.777. The number of guanidine groups is 1. The molecule has 1 spiro atoms. The van der Waals surface area contributed by atoms with Crippen molar-refractivity contribution in [2.45, 2.75) is 31.1 Å². The maximum Gasteiger partial charge on any atom is 0.221 e. The summed E-state index contributed by atoms with van der Waals surface area (Å²) in [6, 6.07) is 6.15. The van der Waals surface area contributed by atoms with Gasteiger partial charge in [0.2, 0.25) is 11.7 Å². The van der Waals surface area contributed by atoms with Crippen molar-refractivity contribution in [2.24, 2.45) is 16.6 Å². The summed E-state index contributed by atoms with van der Waals surface area (Å²) < 4.78 is 11.9. The molecule has 0 saturated carbocycles. The van der Waals surface area contributed by atoms with Crippen molar-refractivity contribution < 1.29 is 14.3 Å². The van der Waals surface area contributed by atoms with Gasteiger partial charge in [-0.3, -0.25) is 0 Å². The lowest BCUT2D eigenvalue weighted by atomic mass is 9.83. The quantitative estimate of drug-likeness (QED) is 0.731. The third-order valence-corrected chi connectivity index (χ3v) is 4.94. The molecule has 3 aliphatic heterocycles. The van der Waals surface area contributed by atoms with Crippen LogP contribution in [-0.2, 0) is 15.3 Å². The summed E-state index contributed by atoms with van der Waals surface area (Å²) in [5.74, 6) is 1.60. The van der Waals surface area contributed by atoms with Crippen molar-refractivity contribution in [1.29, 1.82) is 0 Å². The molecule has 0 amide bonds. The summed E-state index contributed by atoms with van der Waals surface area (Å²) in [4.78, 5) is 10.8. The molecule has 1 aromatic carbocycles. The summed E-state index contributed by atoms with van der Waals surface area (Å²) in [5, 5.41) is 1.55. The number of rotatable bonds is 1. The van der Waals surface area contributed by atoms with Gasteiger partial charge in [0.25, 0.3) is 0 Å². The first-order chi connectivity index (χ1) is 11.1. The van der Waals surface area contributed by atoms with Gasteiger partial charge >= 0.3 is 0 Å². The fourth-order valence-electron chi connectivity index (χ4n) is 3.70. The second-order valence-electron chi connectivity index (χ2n) is 6.68. The van der Waals surface area contributed by atoms with Crippen molar-refractivity contribution in [3.63, 3.8) is 0 Å². The Bertz CT molecular complexity index is 647. The Labute approximate surface area is 137 Å². The molecule has 6 nitrogen and oxygen atoms in total. The van der Waals surface area contributed by atoms with Crippen LogP contribution in [0.15, 0.2) is 23.2 Å². The summed E-state index contributed by atoms with van der Waals surface area (Å²) in [6.45, 7) is 1.57. The molecule has 0 bridgehead atoms. The molecule has 4 rings (SSSR count). The molecule has 0 radical (unpaired) electrons. The first-order valence-corrected chi connectivity index (χ1v) is 8.21. The van der Waals surface area contributed by atoms with E-state index in [9.17, 15) is 0 Å². The normalized spacial score (nSPS) is 33.3. The highest BCUT2D eigenvalue weighted by Crippen LogP contribution is 2.47. The minimum absolute atomic E-state index is 0.0218. The second-order valence-corrected chi connectivity index (χ2v) is 6.68. The Morgan fingerprint density at radius 3 is 3.00 bits per heavy atom. The zero-order valence-corrected chi connectivity index (χ0v) is 13.6. The van der Waals surface area contributed by atoms with E-state index in [0.29, 0.717) is 18.3 Å². The van der Waals surface area contributed by atoms with Gasteiger partial charge in [0.15, 0.2) is 0 Å². The topological polar surface area (TPSA) is 69.3 Å². The standard InChI is InChI=1S/C16H22BN3O3/c1-20-15(18)19-16(23-20)8-14(10-3-2-6-21-9-10)22-13-5-4-11(17)7-12(13)16/h4-5,7,10,14H,2-3,6,8-9,17H2,1H3,(H2,18,19). The van der Waals surface area contributed by atoms with Crippen molar-refractivity contribution >= 4 is 19.3 Å². The highest BCUT2D eigenvalue weighted by molar-refractivity contribution is 6.32. The summed E-state index contributed by atoms with van der Waals surface area (Å²) in [5.41, 5.74) is 7.32. The molecule has 3 unspecified atom stereocenters. The third kappa shape index (κ3) is 2.48. The molecular weight excluding hydrogens is 293 g/mol. The molecular formula is C16H22BN3O3. The van der Waals surface area contributed by atoms with Gasteiger partial charge in [-0.25, -0.2) is 14.9 Å². The number of hydroxylamine groups is 2. The summed E-state index contributed by atoms with van der Waals surface area (Å²) in [7, 11) is 3.85. The van der Waals surface area contributed by atoms with E-state index in [1.165, 1.54) is 0 Å². The molecule has 2 N–H and O–H groups in total. The van der Waals surface area contributed by atoms with Crippen molar-refractivity contribution in [2.75, 3.05) is 20.3 Å². The van der Waals surface area contributed by atoms with E-state index in [0.717, 1.165) is 42.8 Å². The van der Waals surface area contributed by atoms with Gasteiger partial charge in [0, 0.05) is 26.0 Å². The third-order valence-electron chi connectivity index (χ3n) is 4.94. The van der Waals surface area contributed by atoms with E-state index < -0.39 is 5.72 Å². The molecule has 0 aliphatic carbocycles. The average molecular weight is 315 g/mol. The molecule has 1 fully saturated rings. The number of nitrogens with zero attached hydrogens (tertiary/aromatic N) is 2. The first kappa shape index (κ1) is 14.8. The fourth-order valence-corrected chi connectivity index (χ4v) is 3.70. The van der Waals surface area contributed by atoms with Crippen LogP contribution in [0, 0.1) is 5.92 Å². The molecule has 3 aliphatic rings. The number of hydrogen-bond donors (Lipinski definition) is 1. The highest BCUT2D eigenvalue weighted by atomic mass is 16.7. The molecule has 1 aromatic rings. The number of hydrogen-bond acceptors (Lipinski definition) is 6. The van der Waals surface area contributed by atoms with Crippen LogP contribution in [-0.4, -0.2) is 45.2 Å². The SMILES string of the molecule is Bc1ccc2c(c1)C1(CC(C3CCCOC3)O2)N=C(N)N(C)O1. The van der Waals surface area contributed by atoms with Gasteiger partial charge < -0.3 is 15.2 Å². The first-order valence-electron chi connectivity index (χ1n) is 8.21. The number of ether oxygens (including phenoxy) is 2. The monoisotopic (exact) mass is 315 g/mol. The van der Waals surface area contributed by atoms with E-state index in [-0.39, 0.29) is 6.10 Å². The predicted octanol–water partition coefficient (Wildman–Crippen LogP) is -0.133. The van der Waals surface area contributed by atoms with Gasteiger partial charge in [0.05, 0.1) is 12.2 Å². The highest BCUT2D eigenvalue weighted by Gasteiger charge is 2.50. The van der Waals surface area contributed by atoms with Crippen LogP contribution < -0.4 is 15.9 Å². The van der Waals surface area contributed by atoms with E-state index >= 15 is 0 Å². The van der Waals surface area contributed by atoms with E-state index in [1.807, 2.05) is 6.07 Å². The van der Waals surface area contributed by atoms with Gasteiger partial charge in [-0.15, -0.1) is 0 Å². The van der Waals surface area contributed by atoms with Gasteiger partial charge in [-0.2, -0.15) is 0 Å². The molecule has 3 atom stereocenters. The van der Waals surface area contributed by atoms with Crippen LogP contribution in [0.2, 0.25) is 0 Å². The van der Waals surface area contributed by atoms with Crippen molar-refractivity contribution in [3.8, 4) is 5.75 Å². The predicted molar refractivity (Wildman–Crippen MR) is 89.3 cm³/mol. The maximum absolute atomic E-state index is 6.30. The molecule has 7 heteroatoms. The van der Waals surface area contributed by atoms with Crippen LogP contribution in [0.5, 0.6) is 5.75 Å². The fraction of sp³-hybridized carbons (Fsp3) is 0.562. The molecule has 1 saturated heterocycles. The number of benzene rings is 1. The van der Waals surface area contributed by atoms with Crippen LogP contribution in [0.3, 0.4) is 0 Å². The number of aliphatic imine (C=N–C) groups is 1. The van der Waals surface area contributed by atoms with E-state index in [2.05, 4.69) is 25.0 Å². The lowest BCUT2D eigenvalue weighted by molar-refractivity contribution is -0.196. The zero-order valence-electron chi connectivity index (χ0n) is 13.6. The Morgan fingerprint density at radius 1 is 1.43 bits per heavy atom. The van der Waals surface area contributed by atoms with Gasteiger partial charge in [0.1, 0.15) is 19.7 Å². The minimum Gasteiger partial charge on any atom is -0.489 e. The second kappa shape index (κ2) is 5.42.